The van der Waals surface area contributed by atoms with Gasteiger partial charge >= 0.3 is 0 Å². The van der Waals surface area contributed by atoms with Crippen molar-refractivity contribution in [3.05, 3.63) is 29.3 Å². The lowest BCUT2D eigenvalue weighted by molar-refractivity contribution is 0.223. The minimum Gasteiger partial charge on any atom is -0.493 e. The van der Waals surface area contributed by atoms with Crippen LogP contribution in [0.3, 0.4) is 0 Å². The second-order valence-electron chi connectivity index (χ2n) is 6.81. The predicted molar refractivity (Wildman–Crippen MR) is 85.5 cm³/mol. The SMILES string of the molecule is CC(C)(C)[Si](C)(C)OCCCOc1ccc(F)c(F)c1CO. The van der Waals surface area contributed by atoms with Crippen molar-refractivity contribution >= 4 is 8.32 Å². The molecule has 0 aliphatic carbocycles. The topological polar surface area (TPSA) is 38.7 Å². The van der Waals surface area contributed by atoms with E-state index in [4.69, 9.17) is 14.3 Å². The van der Waals surface area contributed by atoms with Gasteiger partial charge in [0.05, 0.1) is 18.8 Å². The number of rotatable bonds is 7. The molecule has 0 fully saturated rings. The number of hydrogen-bond donors (Lipinski definition) is 1. The lowest BCUT2D eigenvalue weighted by atomic mass is 10.2. The molecule has 0 aromatic heterocycles. The van der Waals surface area contributed by atoms with Crippen LogP contribution in [-0.4, -0.2) is 26.6 Å². The van der Waals surface area contributed by atoms with Crippen LogP contribution in [0.25, 0.3) is 0 Å². The molecule has 22 heavy (non-hydrogen) atoms. The molecule has 1 aromatic carbocycles. The molecule has 0 saturated carbocycles. The summed E-state index contributed by atoms with van der Waals surface area (Å²) < 4.78 is 38.0. The van der Waals surface area contributed by atoms with E-state index in [1.165, 1.54) is 6.07 Å². The lowest BCUT2D eigenvalue weighted by Gasteiger charge is -2.36. The van der Waals surface area contributed by atoms with Gasteiger partial charge in [0.15, 0.2) is 20.0 Å². The summed E-state index contributed by atoms with van der Waals surface area (Å²) >= 11 is 0. The first kappa shape index (κ1) is 19.1. The van der Waals surface area contributed by atoms with Crippen LogP contribution in [0.2, 0.25) is 18.1 Å². The molecule has 6 heteroatoms. The van der Waals surface area contributed by atoms with Gasteiger partial charge in [-0.1, -0.05) is 20.8 Å². The van der Waals surface area contributed by atoms with Gasteiger partial charge in [-0.15, -0.1) is 0 Å². The molecule has 0 radical (unpaired) electrons. The Morgan fingerprint density at radius 3 is 2.32 bits per heavy atom. The lowest BCUT2D eigenvalue weighted by Crippen LogP contribution is -2.41. The van der Waals surface area contributed by atoms with Crippen molar-refractivity contribution < 1.29 is 23.1 Å². The third-order valence-electron chi connectivity index (χ3n) is 4.13. The molecule has 126 valence electrons. The summed E-state index contributed by atoms with van der Waals surface area (Å²) in [5.41, 5.74) is -0.148. The fourth-order valence-corrected chi connectivity index (χ4v) is 2.73. The van der Waals surface area contributed by atoms with Gasteiger partial charge in [-0.2, -0.15) is 0 Å². The Labute approximate surface area is 132 Å². The second kappa shape index (κ2) is 7.52. The molecule has 0 aliphatic heterocycles. The Balaban J connectivity index is 2.48. The van der Waals surface area contributed by atoms with Crippen molar-refractivity contribution in [1.82, 2.24) is 0 Å². The highest BCUT2D eigenvalue weighted by Gasteiger charge is 2.36. The highest BCUT2D eigenvalue weighted by atomic mass is 28.4. The number of ether oxygens (including phenoxy) is 1. The molecule has 0 spiro atoms. The summed E-state index contributed by atoms with van der Waals surface area (Å²) in [7, 11) is -1.77. The van der Waals surface area contributed by atoms with Crippen LogP contribution in [-0.2, 0) is 11.0 Å². The fourth-order valence-electron chi connectivity index (χ4n) is 1.64. The van der Waals surface area contributed by atoms with Crippen LogP contribution in [0.15, 0.2) is 12.1 Å². The highest BCUT2D eigenvalue weighted by molar-refractivity contribution is 6.74. The van der Waals surface area contributed by atoms with Crippen LogP contribution >= 0.6 is 0 Å². The van der Waals surface area contributed by atoms with E-state index < -0.39 is 26.6 Å². The van der Waals surface area contributed by atoms with Crippen LogP contribution in [0.4, 0.5) is 8.78 Å². The summed E-state index contributed by atoms with van der Waals surface area (Å²) in [5, 5.41) is 9.27. The van der Waals surface area contributed by atoms with Crippen LogP contribution < -0.4 is 4.74 Å². The molecule has 3 nitrogen and oxygen atoms in total. The van der Waals surface area contributed by atoms with Gasteiger partial charge in [0, 0.05) is 13.0 Å². The van der Waals surface area contributed by atoms with Gasteiger partial charge in [0.1, 0.15) is 5.75 Å². The molecule has 0 amide bonds. The first-order valence-corrected chi connectivity index (χ1v) is 10.4. The second-order valence-corrected chi connectivity index (χ2v) is 11.6. The molecule has 0 heterocycles. The Morgan fingerprint density at radius 2 is 1.77 bits per heavy atom. The van der Waals surface area contributed by atoms with E-state index in [1.54, 1.807) is 0 Å². The molecular weight excluding hydrogens is 306 g/mol. The van der Waals surface area contributed by atoms with Gasteiger partial charge in [-0.25, -0.2) is 8.78 Å². The molecule has 0 saturated heterocycles. The van der Waals surface area contributed by atoms with Crippen molar-refractivity contribution in [2.45, 2.75) is 51.9 Å². The minimum absolute atomic E-state index is 0.148. The molecule has 0 atom stereocenters. The Bertz CT molecular complexity index is 499. The molecule has 0 unspecified atom stereocenters. The molecule has 0 bridgehead atoms. The quantitative estimate of drug-likeness (QED) is 0.599. The van der Waals surface area contributed by atoms with Crippen LogP contribution in [0.1, 0.15) is 32.8 Å². The van der Waals surface area contributed by atoms with Crippen LogP contribution in [0.5, 0.6) is 5.75 Å². The van der Waals surface area contributed by atoms with E-state index >= 15 is 0 Å². The van der Waals surface area contributed by atoms with Gasteiger partial charge in [-0.05, 0) is 30.3 Å². The summed E-state index contributed by atoms with van der Waals surface area (Å²) in [6.45, 7) is 11.2. The third-order valence-corrected chi connectivity index (χ3v) is 8.66. The predicted octanol–water partition coefficient (Wildman–Crippen LogP) is 4.25. The zero-order chi connectivity index (χ0) is 17.0. The minimum atomic E-state index is -1.77. The largest absolute Gasteiger partial charge is 0.493 e. The molecule has 0 aliphatic rings. The van der Waals surface area contributed by atoms with Crippen molar-refractivity contribution in [3.63, 3.8) is 0 Å². The number of aliphatic hydroxyl groups is 1. The van der Waals surface area contributed by atoms with E-state index in [2.05, 4.69) is 33.9 Å². The first-order valence-electron chi connectivity index (χ1n) is 7.44. The average Bonchev–Trinajstić information content (AvgIpc) is 2.41. The first-order chi connectivity index (χ1) is 10.1. The maximum absolute atomic E-state index is 13.5. The van der Waals surface area contributed by atoms with E-state index in [9.17, 15) is 8.78 Å². The summed E-state index contributed by atoms with van der Waals surface area (Å²) in [6, 6.07) is 2.33. The van der Waals surface area contributed by atoms with Crippen molar-refractivity contribution in [3.8, 4) is 5.75 Å². The number of aliphatic hydroxyl groups excluding tert-OH is 1. The Morgan fingerprint density at radius 1 is 1.14 bits per heavy atom. The fraction of sp³-hybridized carbons (Fsp3) is 0.625. The van der Waals surface area contributed by atoms with E-state index in [-0.39, 0.29) is 16.4 Å². The van der Waals surface area contributed by atoms with Gasteiger partial charge < -0.3 is 14.3 Å². The zero-order valence-corrected chi connectivity index (χ0v) is 15.0. The van der Waals surface area contributed by atoms with Crippen LogP contribution in [0, 0.1) is 11.6 Å². The maximum atomic E-state index is 13.5. The summed E-state index contributed by atoms with van der Waals surface area (Å²) in [5.74, 6) is -1.87. The molecule has 1 rings (SSSR count). The van der Waals surface area contributed by atoms with E-state index in [0.717, 1.165) is 6.07 Å². The van der Waals surface area contributed by atoms with Gasteiger partial charge in [0.25, 0.3) is 0 Å². The van der Waals surface area contributed by atoms with E-state index in [1.807, 2.05) is 0 Å². The highest BCUT2D eigenvalue weighted by Crippen LogP contribution is 2.36. The number of benzene rings is 1. The zero-order valence-electron chi connectivity index (χ0n) is 14.0. The van der Waals surface area contributed by atoms with Gasteiger partial charge in [0.2, 0.25) is 0 Å². The summed E-state index contributed by atoms with van der Waals surface area (Å²) in [4.78, 5) is 0. The van der Waals surface area contributed by atoms with Crippen molar-refractivity contribution in [1.29, 1.82) is 0 Å². The monoisotopic (exact) mass is 332 g/mol. The third kappa shape index (κ3) is 4.76. The molecule has 1 N–H and O–H groups in total. The van der Waals surface area contributed by atoms with E-state index in [0.29, 0.717) is 19.6 Å². The van der Waals surface area contributed by atoms with Gasteiger partial charge in [-0.3, -0.25) is 0 Å². The Hall–Kier alpha value is -0.983. The van der Waals surface area contributed by atoms with Crippen molar-refractivity contribution in [2.24, 2.45) is 0 Å². The molecular formula is C16H26F2O3Si. The maximum Gasteiger partial charge on any atom is 0.191 e. The normalized spacial score (nSPS) is 12.5. The van der Waals surface area contributed by atoms with Crippen molar-refractivity contribution in [2.75, 3.05) is 13.2 Å². The number of halogens is 2. The standard InChI is InChI=1S/C16H26F2O3Si/c1-16(2,3)22(4,5)21-10-6-9-20-14-8-7-13(17)15(18)12(14)11-19/h7-8,19H,6,9-11H2,1-5H3. The smallest absolute Gasteiger partial charge is 0.191 e. The average molecular weight is 332 g/mol. The summed E-state index contributed by atoms with van der Waals surface area (Å²) in [6.07, 6.45) is 0.649. The Kier molecular flexibility index (Phi) is 6.52. The number of hydrogen-bond acceptors (Lipinski definition) is 3. The molecule has 1 aromatic rings.